The highest BCUT2D eigenvalue weighted by molar-refractivity contribution is 7.89. The maximum absolute atomic E-state index is 12.8. The molecule has 7 nitrogen and oxygen atoms in total. The Bertz CT molecular complexity index is 810. The maximum atomic E-state index is 12.8. The number of benzene rings is 1. The van der Waals surface area contributed by atoms with Crippen molar-refractivity contribution in [1.82, 2.24) is 14.5 Å². The molecule has 2 aliphatic rings. The fourth-order valence-corrected chi connectivity index (χ4v) is 4.82. The Labute approximate surface area is 167 Å². The molecule has 154 valence electrons. The molecule has 2 amide bonds. The standard InChI is InChI=1S/C20H29N3O4S/c1-21-28(26,27)18-8-4-7-17(15-18)20(25)23-13-11-22(12-14-23)19(24)10-9-16-5-2-3-6-16/h4,7-8,15-16,21H,2-3,5-6,9-14H2,1H3. The van der Waals surface area contributed by atoms with E-state index in [1.165, 1.54) is 44.9 Å². The lowest BCUT2D eigenvalue weighted by Gasteiger charge is -2.35. The summed E-state index contributed by atoms with van der Waals surface area (Å²) in [4.78, 5) is 28.8. The summed E-state index contributed by atoms with van der Waals surface area (Å²) >= 11 is 0. The first kappa shape index (κ1) is 20.8. The number of sulfonamides is 1. The SMILES string of the molecule is CNS(=O)(=O)c1cccc(C(=O)N2CCN(C(=O)CCC3CCCC3)CC2)c1. The molecule has 0 radical (unpaired) electrons. The normalized spacial score (nSPS) is 18.5. The summed E-state index contributed by atoms with van der Waals surface area (Å²) in [5.74, 6) is 0.681. The summed E-state index contributed by atoms with van der Waals surface area (Å²) < 4.78 is 26.1. The minimum absolute atomic E-state index is 0.0709. The van der Waals surface area contributed by atoms with Crippen LogP contribution in [0.5, 0.6) is 0 Å². The molecule has 28 heavy (non-hydrogen) atoms. The van der Waals surface area contributed by atoms with Crippen LogP contribution in [0.3, 0.4) is 0 Å². The number of hydrogen-bond acceptors (Lipinski definition) is 4. The van der Waals surface area contributed by atoms with E-state index in [4.69, 9.17) is 0 Å². The summed E-state index contributed by atoms with van der Waals surface area (Å²) in [5, 5.41) is 0. The van der Waals surface area contributed by atoms with Gasteiger partial charge in [0.15, 0.2) is 0 Å². The maximum Gasteiger partial charge on any atom is 0.254 e. The average Bonchev–Trinajstić information content (AvgIpc) is 3.25. The molecule has 1 aromatic carbocycles. The Morgan fingerprint density at radius 2 is 1.71 bits per heavy atom. The fraction of sp³-hybridized carbons (Fsp3) is 0.600. The third kappa shape index (κ3) is 4.91. The zero-order valence-electron chi connectivity index (χ0n) is 16.4. The molecule has 0 spiro atoms. The van der Waals surface area contributed by atoms with Gasteiger partial charge in [-0.05, 0) is 37.6 Å². The molecule has 1 aromatic rings. The monoisotopic (exact) mass is 407 g/mol. The Morgan fingerprint density at radius 1 is 1.07 bits per heavy atom. The number of hydrogen-bond donors (Lipinski definition) is 1. The summed E-state index contributed by atoms with van der Waals surface area (Å²) in [7, 11) is -2.25. The second-order valence-corrected chi connectivity index (χ2v) is 9.48. The number of rotatable bonds is 6. The van der Waals surface area contributed by atoms with Gasteiger partial charge in [0.25, 0.3) is 5.91 Å². The van der Waals surface area contributed by atoms with E-state index >= 15 is 0 Å². The number of nitrogens with zero attached hydrogens (tertiary/aromatic N) is 2. The molecule has 3 rings (SSSR count). The Balaban J connectivity index is 1.53. The lowest BCUT2D eigenvalue weighted by Crippen LogP contribution is -2.50. The van der Waals surface area contributed by atoms with Gasteiger partial charge in [0.2, 0.25) is 15.9 Å². The predicted octanol–water partition coefficient (Wildman–Crippen LogP) is 1.85. The average molecular weight is 408 g/mol. The van der Waals surface area contributed by atoms with Crippen LogP contribution in [0.25, 0.3) is 0 Å². The van der Waals surface area contributed by atoms with Gasteiger partial charge < -0.3 is 9.80 Å². The minimum atomic E-state index is -3.59. The smallest absolute Gasteiger partial charge is 0.254 e. The Hall–Kier alpha value is -1.93. The lowest BCUT2D eigenvalue weighted by atomic mass is 10.0. The van der Waals surface area contributed by atoms with E-state index in [2.05, 4.69) is 4.72 Å². The van der Waals surface area contributed by atoms with Gasteiger partial charge in [-0.25, -0.2) is 13.1 Å². The molecule has 0 atom stereocenters. The van der Waals surface area contributed by atoms with Crippen molar-refractivity contribution in [1.29, 1.82) is 0 Å². The van der Waals surface area contributed by atoms with Crippen LogP contribution in [0.2, 0.25) is 0 Å². The van der Waals surface area contributed by atoms with Crippen molar-refractivity contribution in [2.24, 2.45) is 5.92 Å². The molecule has 1 saturated heterocycles. The fourth-order valence-electron chi connectivity index (χ4n) is 4.04. The summed E-state index contributed by atoms with van der Waals surface area (Å²) in [6.45, 7) is 2.00. The van der Waals surface area contributed by atoms with Gasteiger partial charge >= 0.3 is 0 Å². The largest absolute Gasteiger partial charge is 0.339 e. The zero-order valence-corrected chi connectivity index (χ0v) is 17.2. The predicted molar refractivity (Wildman–Crippen MR) is 106 cm³/mol. The van der Waals surface area contributed by atoms with Crippen molar-refractivity contribution >= 4 is 21.8 Å². The summed E-state index contributed by atoms with van der Waals surface area (Å²) in [5.41, 5.74) is 0.345. The second-order valence-electron chi connectivity index (χ2n) is 7.60. The first-order chi connectivity index (χ1) is 13.4. The molecule has 1 aliphatic heterocycles. The van der Waals surface area contributed by atoms with Gasteiger partial charge in [-0.2, -0.15) is 0 Å². The molecular weight excluding hydrogens is 378 g/mol. The Kier molecular flexibility index (Phi) is 6.72. The highest BCUT2D eigenvalue weighted by Gasteiger charge is 2.26. The van der Waals surface area contributed by atoms with Gasteiger partial charge in [-0.1, -0.05) is 31.7 Å². The van der Waals surface area contributed by atoms with E-state index in [0.29, 0.717) is 44.1 Å². The molecule has 1 aliphatic carbocycles. The third-order valence-electron chi connectivity index (χ3n) is 5.82. The van der Waals surface area contributed by atoms with Crippen LogP contribution in [0, 0.1) is 5.92 Å². The van der Waals surface area contributed by atoms with Crippen LogP contribution in [0.15, 0.2) is 29.2 Å². The number of nitrogens with one attached hydrogen (secondary N) is 1. The topological polar surface area (TPSA) is 86.8 Å². The zero-order chi connectivity index (χ0) is 20.1. The molecule has 0 aromatic heterocycles. The first-order valence-corrected chi connectivity index (χ1v) is 11.5. The van der Waals surface area contributed by atoms with Crippen LogP contribution in [-0.4, -0.2) is 63.3 Å². The number of piperazine rings is 1. The molecule has 8 heteroatoms. The quantitative estimate of drug-likeness (QED) is 0.780. The van der Waals surface area contributed by atoms with Crippen LogP contribution < -0.4 is 4.72 Å². The van der Waals surface area contributed by atoms with Gasteiger partial charge in [0.05, 0.1) is 4.90 Å². The van der Waals surface area contributed by atoms with Crippen molar-refractivity contribution in [2.45, 2.75) is 43.4 Å². The first-order valence-electron chi connectivity index (χ1n) is 10.0. The van der Waals surface area contributed by atoms with E-state index in [1.54, 1.807) is 17.0 Å². The van der Waals surface area contributed by atoms with Crippen molar-refractivity contribution in [2.75, 3.05) is 33.2 Å². The van der Waals surface area contributed by atoms with Crippen LogP contribution in [0.4, 0.5) is 0 Å². The number of amides is 2. The van der Waals surface area contributed by atoms with Crippen molar-refractivity contribution in [3.63, 3.8) is 0 Å². The van der Waals surface area contributed by atoms with Crippen LogP contribution in [0.1, 0.15) is 48.9 Å². The van der Waals surface area contributed by atoms with E-state index in [9.17, 15) is 18.0 Å². The molecule has 1 saturated carbocycles. The summed E-state index contributed by atoms with van der Waals surface area (Å²) in [6.07, 6.45) is 6.65. The lowest BCUT2D eigenvalue weighted by molar-refractivity contribution is -0.133. The van der Waals surface area contributed by atoms with Crippen molar-refractivity contribution in [3.8, 4) is 0 Å². The van der Waals surface area contributed by atoms with Gasteiger partial charge in [0, 0.05) is 38.2 Å². The van der Waals surface area contributed by atoms with Crippen molar-refractivity contribution < 1.29 is 18.0 Å². The Morgan fingerprint density at radius 3 is 2.36 bits per heavy atom. The van der Waals surface area contributed by atoms with E-state index in [-0.39, 0.29) is 16.7 Å². The van der Waals surface area contributed by atoms with E-state index in [1.807, 2.05) is 4.90 Å². The highest BCUT2D eigenvalue weighted by Crippen LogP contribution is 2.28. The minimum Gasteiger partial charge on any atom is -0.339 e. The van der Waals surface area contributed by atoms with E-state index < -0.39 is 10.0 Å². The van der Waals surface area contributed by atoms with Gasteiger partial charge in [0.1, 0.15) is 0 Å². The molecule has 0 unspecified atom stereocenters. The number of carbonyl (C=O) groups is 2. The molecule has 2 fully saturated rings. The van der Waals surface area contributed by atoms with E-state index in [0.717, 1.165) is 6.42 Å². The van der Waals surface area contributed by atoms with Gasteiger partial charge in [-0.15, -0.1) is 0 Å². The third-order valence-corrected chi connectivity index (χ3v) is 7.23. The second kappa shape index (κ2) is 9.05. The molecule has 1 heterocycles. The van der Waals surface area contributed by atoms with Crippen LogP contribution in [-0.2, 0) is 14.8 Å². The van der Waals surface area contributed by atoms with Crippen molar-refractivity contribution in [3.05, 3.63) is 29.8 Å². The highest BCUT2D eigenvalue weighted by atomic mass is 32.2. The van der Waals surface area contributed by atoms with Gasteiger partial charge in [-0.3, -0.25) is 9.59 Å². The molecule has 0 bridgehead atoms. The molecular formula is C20H29N3O4S. The number of carbonyl (C=O) groups excluding carboxylic acids is 2. The summed E-state index contributed by atoms with van der Waals surface area (Å²) in [6, 6.07) is 6.05. The molecule has 1 N–H and O–H groups in total. The van der Waals surface area contributed by atoms with Crippen LogP contribution >= 0.6 is 0 Å².